The summed E-state index contributed by atoms with van der Waals surface area (Å²) >= 11 is 1.72. The molecule has 1 aromatic rings. The van der Waals surface area contributed by atoms with Crippen molar-refractivity contribution in [3.05, 3.63) is 10.6 Å². The summed E-state index contributed by atoms with van der Waals surface area (Å²) in [6.07, 6.45) is 1.46. The van der Waals surface area contributed by atoms with E-state index >= 15 is 0 Å². The summed E-state index contributed by atoms with van der Waals surface area (Å²) in [4.78, 5) is 7.80. The second kappa shape index (κ2) is 6.93. The summed E-state index contributed by atoms with van der Waals surface area (Å²) < 4.78 is 0. The molecule has 17 heavy (non-hydrogen) atoms. The van der Waals surface area contributed by atoms with Gasteiger partial charge in [-0.25, -0.2) is 4.98 Å². The Labute approximate surface area is 108 Å². The summed E-state index contributed by atoms with van der Waals surface area (Å²) in [5, 5.41) is 13.8. The number of nitrogens with one attached hydrogen (secondary N) is 1. The first kappa shape index (κ1) is 14.4. The molecule has 0 saturated carbocycles. The number of hydrogen-bond donors (Lipinski definition) is 2. The Bertz CT molecular complexity index is 338. The second-order valence-corrected chi connectivity index (χ2v) is 5.49. The molecular formula is C12H23N3OS. The molecule has 0 aliphatic heterocycles. The minimum atomic E-state index is -0.178. The van der Waals surface area contributed by atoms with Crippen LogP contribution in [0.1, 0.15) is 30.3 Å². The van der Waals surface area contributed by atoms with Crippen LogP contribution >= 0.6 is 11.3 Å². The summed E-state index contributed by atoms with van der Waals surface area (Å²) in [5.74, 6) is 0. The maximum absolute atomic E-state index is 9.43. The lowest BCUT2D eigenvalue weighted by Gasteiger charge is -2.08. The number of thiazole rings is 1. The van der Waals surface area contributed by atoms with Crippen LogP contribution in [0.4, 0.5) is 5.13 Å². The van der Waals surface area contributed by atoms with E-state index in [1.807, 2.05) is 32.8 Å². The van der Waals surface area contributed by atoms with Crippen molar-refractivity contribution in [2.75, 3.05) is 25.5 Å². The number of aliphatic hydroxyl groups is 1. The molecule has 0 fully saturated rings. The highest BCUT2D eigenvalue weighted by Crippen LogP contribution is 2.24. The van der Waals surface area contributed by atoms with Crippen LogP contribution in [0, 0.1) is 6.92 Å². The van der Waals surface area contributed by atoms with Crippen LogP contribution in [-0.2, 0) is 6.54 Å². The largest absolute Gasteiger partial charge is 0.393 e. The molecule has 2 N–H and O–H groups in total. The van der Waals surface area contributed by atoms with Crippen LogP contribution in [0.2, 0.25) is 0 Å². The molecule has 0 spiro atoms. The number of aromatic nitrogens is 1. The third-order valence-corrected chi connectivity index (χ3v) is 4.00. The van der Waals surface area contributed by atoms with Gasteiger partial charge in [0.15, 0.2) is 5.13 Å². The van der Waals surface area contributed by atoms with E-state index in [0.717, 1.165) is 36.8 Å². The predicted octanol–water partition coefficient (Wildman–Crippen LogP) is 1.77. The number of aryl methyl sites for hydroxylation is 1. The molecule has 0 bridgehead atoms. The lowest BCUT2D eigenvalue weighted by atomic mass is 10.2. The van der Waals surface area contributed by atoms with Crippen molar-refractivity contribution in [1.29, 1.82) is 0 Å². The van der Waals surface area contributed by atoms with Crippen molar-refractivity contribution in [3.8, 4) is 0 Å². The summed E-state index contributed by atoms with van der Waals surface area (Å²) in [5.41, 5.74) is 1.10. The van der Waals surface area contributed by atoms with E-state index in [4.69, 9.17) is 0 Å². The average Bonchev–Trinajstić information content (AvgIpc) is 2.66. The number of nitrogens with zero attached hydrogens (tertiary/aromatic N) is 2. The molecule has 4 nitrogen and oxygen atoms in total. The Balaban J connectivity index is 2.36. The third-order valence-electron chi connectivity index (χ3n) is 2.68. The molecule has 1 aromatic heterocycles. The fraction of sp³-hybridized carbons (Fsp3) is 0.750. The van der Waals surface area contributed by atoms with Gasteiger partial charge in [-0.15, -0.1) is 11.3 Å². The van der Waals surface area contributed by atoms with Crippen molar-refractivity contribution in [1.82, 2.24) is 10.3 Å². The van der Waals surface area contributed by atoms with Crippen LogP contribution in [-0.4, -0.2) is 36.8 Å². The minimum Gasteiger partial charge on any atom is -0.393 e. The van der Waals surface area contributed by atoms with Gasteiger partial charge in [0.05, 0.1) is 11.8 Å². The second-order valence-electron chi connectivity index (χ2n) is 4.43. The molecule has 1 unspecified atom stereocenters. The molecule has 1 atom stereocenters. The highest BCUT2D eigenvalue weighted by molar-refractivity contribution is 7.15. The van der Waals surface area contributed by atoms with Gasteiger partial charge in [-0.05, 0) is 26.3 Å². The molecule has 0 aromatic carbocycles. The van der Waals surface area contributed by atoms with Crippen molar-refractivity contribution in [2.24, 2.45) is 0 Å². The maximum atomic E-state index is 9.43. The van der Waals surface area contributed by atoms with Crippen LogP contribution in [0.25, 0.3) is 0 Å². The molecule has 0 amide bonds. The topological polar surface area (TPSA) is 48.4 Å². The molecule has 0 saturated heterocycles. The van der Waals surface area contributed by atoms with Gasteiger partial charge in [0, 0.05) is 25.5 Å². The number of aliphatic hydroxyl groups excluding tert-OH is 1. The number of rotatable bonds is 7. The van der Waals surface area contributed by atoms with Gasteiger partial charge < -0.3 is 15.3 Å². The first-order chi connectivity index (χ1) is 8.04. The zero-order chi connectivity index (χ0) is 12.8. The minimum absolute atomic E-state index is 0.178. The van der Waals surface area contributed by atoms with Crippen LogP contribution in [0.5, 0.6) is 0 Å². The molecular weight excluding hydrogens is 234 g/mol. The molecule has 1 rings (SSSR count). The molecule has 98 valence electrons. The molecule has 5 heteroatoms. The summed E-state index contributed by atoms with van der Waals surface area (Å²) in [6, 6.07) is 0. The third kappa shape index (κ3) is 4.61. The Morgan fingerprint density at radius 3 is 2.71 bits per heavy atom. The summed E-state index contributed by atoms with van der Waals surface area (Å²) in [7, 11) is 4.01. The quantitative estimate of drug-likeness (QED) is 0.731. The first-order valence-electron chi connectivity index (χ1n) is 6.07. The maximum Gasteiger partial charge on any atom is 0.185 e. The first-order valence-corrected chi connectivity index (χ1v) is 6.88. The van der Waals surface area contributed by atoms with E-state index in [1.54, 1.807) is 11.3 Å². The van der Waals surface area contributed by atoms with Gasteiger partial charge >= 0.3 is 0 Å². The smallest absolute Gasteiger partial charge is 0.185 e. The van der Waals surface area contributed by atoms with E-state index in [2.05, 4.69) is 10.3 Å². The number of anilines is 1. The summed E-state index contributed by atoms with van der Waals surface area (Å²) in [6.45, 7) is 5.74. The number of hydrogen-bond acceptors (Lipinski definition) is 5. The van der Waals surface area contributed by atoms with Gasteiger partial charge in [0.1, 0.15) is 0 Å². The Kier molecular flexibility index (Phi) is 5.88. The lowest BCUT2D eigenvalue weighted by molar-refractivity contribution is 0.160. The predicted molar refractivity (Wildman–Crippen MR) is 73.8 cm³/mol. The zero-order valence-electron chi connectivity index (χ0n) is 11.2. The van der Waals surface area contributed by atoms with Crippen molar-refractivity contribution < 1.29 is 5.11 Å². The highest BCUT2D eigenvalue weighted by Gasteiger charge is 2.08. The van der Waals surface area contributed by atoms with Crippen LogP contribution in [0.3, 0.4) is 0 Å². The molecule has 0 radical (unpaired) electrons. The van der Waals surface area contributed by atoms with E-state index in [0.29, 0.717) is 0 Å². The molecule has 1 heterocycles. The van der Waals surface area contributed by atoms with E-state index in [1.165, 1.54) is 4.88 Å². The fourth-order valence-corrected chi connectivity index (χ4v) is 2.40. The Morgan fingerprint density at radius 1 is 1.47 bits per heavy atom. The lowest BCUT2D eigenvalue weighted by Crippen LogP contribution is -2.19. The van der Waals surface area contributed by atoms with Gasteiger partial charge in [0.25, 0.3) is 0 Å². The van der Waals surface area contributed by atoms with Crippen LogP contribution in [0.15, 0.2) is 0 Å². The Morgan fingerprint density at radius 2 is 2.18 bits per heavy atom. The monoisotopic (exact) mass is 257 g/mol. The highest BCUT2D eigenvalue weighted by atomic mass is 32.1. The molecule has 0 aliphatic rings. The van der Waals surface area contributed by atoms with E-state index in [9.17, 15) is 5.11 Å². The van der Waals surface area contributed by atoms with Crippen LogP contribution < -0.4 is 10.2 Å². The average molecular weight is 257 g/mol. The normalized spacial score (nSPS) is 12.8. The van der Waals surface area contributed by atoms with E-state index < -0.39 is 0 Å². The van der Waals surface area contributed by atoms with Crippen molar-refractivity contribution in [3.63, 3.8) is 0 Å². The fourth-order valence-electron chi connectivity index (χ4n) is 1.44. The van der Waals surface area contributed by atoms with Gasteiger partial charge in [-0.1, -0.05) is 6.92 Å². The zero-order valence-corrected chi connectivity index (χ0v) is 12.0. The van der Waals surface area contributed by atoms with Crippen molar-refractivity contribution >= 4 is 16.5 Å². The van der Waals surface area contributed by atoms with Gasteiger partial charge in [-0.2, -0.15) is 0 Å². The van der Waals surface area contributed by atoms with Gasteiger partial charge in [-0.3, -0.25) is 0 Å². The van der Waals surface area contributed by atoms with Gasteiger partial charge in [0.2, 0.25) is 0 Å². The van der Waals surface area contributed by atoms with Crippen molar-refractivity contribution in [2.45, 2.75) is 39.3 Å². The SMILES string of the molecule is CCC(O)CCNCc1sc(N(C)C)nc1C. The molecule has 0 aliphatic carbocycles. The van der Waals surface area contributed by atoms with E-state index in [-0.39, 0.29) is 6.10 Å². The standard InChI is InChI=1S/C12H23N3OS/c1-5-10(16)6-7-13-8-11-9(2)14-12(17-11)15(3)4/h10,13,16H,5-8H2,1-4H3. The Hall–Kier alpha value is -0.650.